The number of hydrogen-bond donors (Lipinski definition) is 1. The molecule has 0 saturated heterocycles. The molecule has 0 fully saturated rings. The van der Waals surface area contributed by atoms with Gasteiger partial charge in [0.15, 0.2) is 11.5 Å². The SMILES string of the molecule is CCCCn1nc(C)c(/C=C/C(=O)NCc2ccc(OC)c(OC)c2)c1Cl. The summed E-state index contributed by atoms with van der Waals surface area (Å²) in [7, 11) is 3.16. The van der Waals surface area contributed by atoms with Crippen molar-refractivity contribution in [1.82, 2.24) is 15.1 Å². The Labute approximate surface area is 165 Å². The number of rotatable bonds is 9. The number of carbonyl (C=O) groups excluding carboxylic acids is 1. The maximum Gasteiger partial charge on any atom is 0.244 e. The van der Waals surface area contributed by atoms with E-state index in [1.165, 1.54) is 6.08 Å². The Bertz CT molecular complexity index is 815. The normalized spacial score (nSPS) is 11.0. The molecule has 27 heavy (non-hydrogen) atoms. The molecule has 0 spiro atoms. The van der Waals surface area contributed by atoms with Crippen LogP contribution in [0, 0.1) is 6.92 Å². The number of hydrogen-bond acceptors (Lipinski definition) is 4. The predicted octanol–water partition coefficient (Wildman–Crippen LogP) is 3.99. The highest BCUT2D eigenvalue weighted by Crippen LogP contribution is 2.27. The van der Waals surface area contributed by atoms with Crippen LogP contribution in [0.15, 0.2) is 24.3 Å². The number of benzene rings is 1. The molecule has 2 aromatic rings. The van der Waals surface area contributed by atoms with E-state index in [0.717, 1.165) is 36.2 Å². The first kappa shape index (κ1) is 20.8. The molecule has 1 heterocycles. The lowest BCUT2D eigenvalue weighted by Gasteiger charge is -2.09. The van der Waals surface area contributed by atoms with E-state index in [2.05, 4.69) is 17.3 Å². The van der Waals surface area contributed by atoms with Crippen molar-refractivity contribution in [2.45, 2.75) is 39.8 Å². The number of nitrogens with one attached hydrogen (secondary N) is 1. The van der Waals surface area contributed by atoms with E-state index in [1.54, 1.807) is 25.0 Å². The Hall–Kier alpha value is -2.47. The molecule has 0 aliphatic carbocycles. The topological polar surface area (TPSA) is 65.4 Å². The first-order chi connectivity index (χ1) is 13.0. The lowest BCUT2D eigenvalue weighted by molar-refractivity contribution is -0.116. The molecular formula is C20H26ClN3O3. The number of aromatic nitrogens is 2. The second-order valence-electron chi connectivity index (χ2n) is 6.11. The summed E-state index contributed by atoms with van der Waals surface area (Å²) in [6.07, 6.45) is 5.26. The largest absolute Gasteiger partial charge is 0.493 e. The van der Waals surface area contributed by atoms with Crippen LogP contribution in [-0.4, -0.2) is 29.9 Å². The minimum atomic E-state index is -0.207. The summed E-state index contributed by atoms with van der Waals surface area (Å²) in [4.78, 5) is 12.1. The van der Waals surface area contributed by atoms with E-state index in [0.29, 0.717) is 23.2 Å². The minimum absolute atomic E-state index is 0.207. The smallest absolute Gasteiger partial charge is 0.244 e. The molecule has 1 aromatic heterocycles. The molecule has 7 heteroatoms. The summed E-state index contributed by atoms with van der Waals surface area (Å²) in [6, 6.07) is 5.52. The second kappa shape index (κ2) is 10.0. The second-order valence-corrected chi connectivity index (χ2v) is 6.47. The third kappa shape index (κ3) is 5.50. The summed E-state index contributed by atoms with van der Waals surface area (Å²) in [5.41, 5.74) is 2.49. The van der Waals surface area contributed by atoms with Gasteiger partial charge in [-0.1, -0.05) is 31.0 Å². The molecule has 1 amide bonds. The monoisotopic (exact) mass is 391 g/mol. The Morgan fingerprint density at radius 3 is 2.70 bits per heavy atom. The fourth-order valence-corrected chi connectivity index (χ4v) is 2.93. The molecule has 146 valence electrons. The van der Waals surface area contributed by atoms with Gasteiger partial charge in [-0.15, -0.1) is 0 Å². The fourth-order valence-electron chi connectivity index (χ4n) is 2.61. The fraction of sp³-hybridized carbons (Fsp3) is 0.400. The number of ether oxygens (including phenoxy) is 2. The summed E-state index contributed by atoms with van der Waals surface area (Å²) in [5.74, 6) is 1.07. The predicted molar refractivity (Wildman–Crippen MR) is 107 cm³/mol. The van der Waals surface area contributed by atoms with Crippen molar-refractivity contribution in [3.8, 4) is 11.5 Å². The number of methoxy groups -OCH3 is 2. The summed E-state index contributed by atoms with van der Waals surface area (Å²) in [5, 5.41) is 7.84. The van der Waals surface area contributed by atoms with E-state index in [4.69, 9.17) is 21.1 Å². The molecular weight excluding hydrogens is 366 g/mol. The van der Waals surface area contributed by atoms with Gasteiger partial charge < -0.3 is 14.8 Å². The molecule has 6 nitrogen and oxygen atoms in total. The zero-order chi connectivity index (χ0) is 19.8. The van der Waals surface area contributed by atoms with Crippen molar-refractivity contribution in [3.05, 3.63) is 46.2 Å². The number of carbonyl (C=O) groups is 1. The highest BCUT2D eigenvalue weighted by molar-refractivity contribution is 6.31. The maximum atomic E-state index is 12.1. The lowest BCUT2D eigenvalue weighted by atomic mass is 10.2. The Morgan fingerprint density at radius 2 is 2.04 bits per heavy atom. The summed E-state index contributed by atoms with van der Waals surface area (Å²) >= 11 is 6.38. The van der Waals surface area contributed by atoms with E-state index in [1.807, 2.05) is 25.1 Å². The van der Waals surface area contributed by atoms with Crippen molar-refractivity contribution < 1.29 is 14.3 Å². The zero-order valence-corrected chi connectivity index (χ0v) is 17.0. The van der Waals surface area contributed by atoms with Gasteiger partial charge in [-0.3, -0.25) is 9.48 Å². The first-order valence-corrected chi connectivity index (χ1v) is 9.27. The third-order valence-electron chi connectivity index (χ3n) is 4.15. The van der Waals surface area contributed by atoms with Crippen LogP contribution in [0.1, 0.15) is 36.6 Å². The van der Waals surface area contributed by atoms with Gasteiger partial charge in [0.2, 0.25) is 5.91 Å². The molecule has 0 radical (unpaired) electrons. The van der Waals surface area contributed by atoms with Gasteiger partial charge in [0.1, 0.15) is 5.15 Å². The molecule has 0 atom stereocenters. The third-order valence-corrected chi connectivity index (χ3v) is 4.55. The van der Waals surface area contributed by atoms with Gasteiger partial charge in [-0.2, -0.15) is 5.10 Å². The van der Waals surface area contributed by atoms with Crippen molar-refractivity contribution in [2.24, 2.45) is 0 Å². The summed E-state index contributed by atoms with van der Waals surface area (Å²) in [6.45, 7) is 5.16. The van der Waals surface area contributed by atoms with E-state index < -0.39 is 0 Å². The van der Waals surface area contributed by atoms with Crippen LogP contribution in [0.3, 0.4) is 0 Å². The molecule has 0 aliphatic heterocycles. The maximum absolute atomic E-state index is 12.1. The van der Waals surface area contributed by atoms with Gasteiger partial charge in [0.05, 0.1) is 19.9 Å². The quantitative estimate of drug-likeness (QED) is 0.656. The van der Waals surface area contributed by atoms with Gasteiger partial charge in [-0.05, 0) is 37.1 Å². The lowest BCUT2D eigenvalue weighted by Crippen LogP contribution is -2.20. The number of halogens is 1. The average molecular weight is 392 g/mol. The summed E-state index contributed by atoms with van der Waals surface area (Å²) < 4.78 is 12.3. The Kier molecular flexibility index (Phi) is 7.73. The molecule has 1 aromatic carbocycles. The highest BCUT2D eigenvalue weighted by atomic mass is 35.5. The van der Waals surface area contributed by atoms with E-state index in [9.17, 15) is 4.79 Å². The molecule has 2 rings (SSSR count). The zero-order valence-electron chi connectivity index (χ0n) is 16.2. The molecule has 0 aliphatic rings. The van der Waals surface area contributed by atoms with Crippen molar-refractivity contribution in [1.29, 1.82) is 0 Å². The Morgan fingerprint density at radius 1 is 1.30 bits per heavy atom. The van der Waals surface area contributed by atoms with Crippen molar-refractivity contribution >= 4 is 23.6 Å². The van der Waals surface area contributed by atoms with Gasteiger partial charge in [-0.25, -0.2) is 0 Å². The van der Waals surface area contributed by atoms with Crippen LogP contribution in [-0.2, 0) is 17.9 Å². The molecule has 0 saturated carbocycles. The number of unbranched alkanes of at least 4 members (excludes halogenated alkanes) is 1. The van der Waals surface area contributed by atoms with Gasteiger partial charge in [0.25, 0.3) is 0 Å². The first-order valence-electron chi connectivity index (χ1n) is 8.89. The number of aryl methyl sites for hydroxylation is 2. The van der Waals surface area contributed by atoms with E-state index in [-0.39, 0.29) is 5.91 Å². The average Bonchev–Trinajstić information content (AvgIpc) is 2.95. The standard InChI is InChI=1S/C20H26ClN3O3/c1-5-6-11-24-20(21)16(14(2)23-24)8-10-19(25)22-13-15-7-9-17(26-3)18(12-15)27-4/h7-10,12H,5-6,11,13H2,1-4H3,(H,22,25)/b10-8+. The van der Waals surface area contributed by atoms with Crippen molar-refractivity contribution in [2.75, 3.05) is 14.2 Å². The van der Waals surface area contributed by atoms with E-state index >= 15 is 0 Å². The number of nitrogens with zero attached hydrogens (tertiary/aromatic N) is 2. The van der Waals surface area contributed by atoms with Crippen LogP contribution in [0.2, 0.25) is 5.15 Å². The minimum Gasteiger partial charge on any atom is -0.493 e. The van der Waals surface area contributed by atoms with Crippen LogP contribution >= 0.6 is 11.6 Å². The van der Waals surface area contributed by atoms with Crippen LogP contribution in [0.25, 0.3) is 6.08 Å². The van der Waals surface area contributed by atoms with Gasteiger partial charge >= 0.3 is 0 Å². The van der Waals surface area contributed by atoms with Crippen LogP contribution < -0.4 is 14.8 Å². The van der Waals surface area contributed by atoms with Crippen molar-refractivity contribution in [3.63, 3.8) is 0 Å². The van der Waals surface area contributed by atoms with Crippen LogP contribution in [0.5, 0.6) is 11.5 Å². The molecule has 1 N–H and O–H groups in total. The van der Waals surface area contributed by atoms with Crippen LogP contribution in [0.4, 0.5) is 0 Å². The molecule has 0 unspecified atom stereocenters. The Balaban J connectivity index is 1.99. The van der Waals surface area contributed by atoms with Gasteiger partial charge in [0, 0.05) is 24.7 Å². The highest BCUT2D eigenvalue weighted by Gasteiger charge is 2.11. The molecule has 0 bridgehead atoms. The number of amides is 1.